The summed E-state index contributed by atoms with van der Waals surface area (Å²) in [4.78, 5) is 3.86. The Morgan fingerprint density at radius 3 is 3.08 bits per heavy atom. The van der Waals surface area contributed by atoms with Gasteiger partial charge in [0.25, 0.3) is 0 Å². The van der Waals surface area contributed by atoms with E-state index in [1.165, 1.54) is 0 Å². The van der Waals surface area contributed by atoms with Gasteiger partial charge in [0, 0.05) is 6.20 Å². The second kappa shape index (κ2) is 4.28. The molecule has 0 aliphatic rings. The number of aromatic amines is 1. The van der Waals surface area contributed by atoms with Crippen LogP contribution in [0, 0.1) is 0 Å². The SMILES string of the molecule is C=N/C(=C\C=C/C)c1ccn[nH]1. The van der Waals surface area contributed by atoms with E-state index >= 15 is 0 Å². The largest absolute Gasteiger partial charge is 0.276 e. The number of nitrogens with one attached hydrogen (secondary N) is 1. The lowest BCUT2D eigenvalue weighted by molar-refractivity contribution is 1.07. The third-order valence-corrected chi connectivity index (χ3v) is 1.39. The van der Waals surface area contributed by atoms with Crippen LogP contribution in [0.3, 0.4) is 0 Å². The van der Waals surface area contributed by atoms with Crippen molar-refractivity contribution in [1.29, 1.82) is 0 Å². The molecule has 0 saturated heterocycles. The van der Waals surface area contributed by atoms with Gasteiger partial charge in [-0.3, -0.25) is 10.1 Å². The first-order valence-electron chi connectivity index (χ1n) is 3.68. The maximum absolute atomic E-state index is 3.86. The van der Waals surface area contributed by atoms with Crippen LogP contribution >= 0.6 is 0 Å². The zero-order valence-electron chi connectivity index (χ0n) is 6.99. The van der Waals surface area contributed by atoms with E-state index in [0.29, 0.717) is 0 Å². The molecule has 62 valence electrons. The average Bonchev–Trinajstić information content (AvgIpc) is 2.59. The number of aliphatic imine (C=N–C) groups is 1. The van der Waals surface area contributed by atoms with Crippen molar-refractivity contribution in [2.24, 2.45) is 4.99 Å². The van der Waals surface area contributed by atoms with Gasteiger partial charge in [-0.1, -0.05) is 12.2 Å². The van der Waals surface area contributed by atoms with E-state index in [1.54, 1.807) is 6.20 Å². The van der Waals surface area contributed by atoms with Crippen LogP contribution in [0.1, 0.15) is 12.6 Å². The van der Waals surface area contributed by atoms with Crippen LogP contribution in [-0.2, 0) is 0 Å². The van der Waals surface area contributed by atoms with E-state index in [1.807, 2.05) is 31.2 Å². The molecule has 0 radical (unpaired) electrons. The molecule has 0 spiro atoms. The molecule has 0 bridgehead atoms. The van der Waals surface area contributed by atoms with Crippen molar-refractivity contribution < 1.29 is 0 Å². The summed E-state index contributed by atoms with van der Waals surface area (Å²) in [6.45, 7) is 5.42. The first-order valence-corrected chi connectivity index (χ1v) is 3.68. The fourth-order valence-corrected chi connectivity index (χ4v) is 0.814. The maximum Gasteiger partial charge on any atom is 0.0872 e. The van der Waals surface area contributed by atoms with Gasteiger partial charge in [0.05, 0.1) is 11.4 Å². The van der Waals surface area contributed by atoms with Crippen LogP contribution in [0.5, 0.6) is 0 Å². The van der Waals surface area contributed by atoms with Crippen molar-refractivity contribution in [3.63, 3.8) is 0 Å². The van der Waals surface area contributed by atoms with Crippen LogP contribution in [-0.4, -0.2) is 16.9 Å². The highest BCUT2D eigenvalue weighted by molar-refractivity contribution is 5.66. The highest BCUT2D eigenvalue weighted by Gasteiger charge is 1.96. The first-order chi connectivity index (χ1) is 5.88. The van der Waals surface area contributed by atoms with Gasteiger partial charge >= 0.3 is 0 Å². The molecule has 12 heavy (non-hydrogen) atoms. The molecule has 0 aromatic carbocycles. The van der Waals surface area contributed by atoms with Gasteiger partial charge in [-0.2, -0.15) is 5.10 Å². The van der Waals surface area contributed by atoms with Gasteiger partial charge in [0.1, 0.15) is 0 Å². The van der Waals surface area contributed by atoms with Crippen LogP contribution in [0.2, 0.25) is 0 Å². The number of aromatic nitrogens is 2. The normalized spacial score (nSPS) is 12.2. The van der Waals surface area contributed by atoms with E-state index in [-0.39, 0.29) is 0 Å². The summed E-state index contributed by atoms with van der Waals surface area (Å²) in [5.41, 5.74) is 1.67. The van der Waals surface area contributed by atoms with Gasteiger partial charge in [-0.05, 0) is 25.8 Å². The number of rotatable bonds is 3. The summed E-state index contributed by atoms with van der Waals surface area (Å²) in [7, 11) is 0. The van der Waals surface area contributed by atoms with Gasteiger partial charge in [0.2, 0.25) is 0 Å². The second-order valence-electron chi connectivity index (χ2n) is 2.21. The third-order valence-electron chi connectivity index (χ3n) is 1.39. The number of nitrogens with zero attached hydrogens (tertiary/aromatic N) is 2. The van der Waals surface area contributed by atoms with Gasteiger partial charge in [-0.25, -0.2) is 0 Å². The molecule has 0 saturated carbocycles. The average molecular weight is 161 g/mol. The number of H-pyrrole nitrogens is 1. The first kappa shape index (κ1) is 8.46. The molecule has 1 rings (SSSR count). The number of hydrogen-bond donors (Lipinski definition) is 1. The van der Waals surface area contributed by atoms with E-state index in [2.05, 4.69) is 21.9 Å². The molecule has 1 N–H and O–H groups in total. The molecule has 1 aromatic rings. The maximum atomic E-state index is 3.86. The van der Waals surface area contributed by atoms with E-state index in [4.69, 9.17) is 0 Å². The Kier molecular flexibility index (Phi) is 3.02. The van der Waals surface area contributed by atoms with E-state index in [9.17, 15) is 0 Å². The summed E-state index contributed by atoms with van der Waals surface area (Å²) in [5.74, 6) is 0. The van der Waals surface area contributed by atoms with Crippen molar-refractivity contribution in [2.45, 2.75) is 6.92 Å². The highest BCUT2D eigenvalue weighted by atomic mass is 15.1. The lowest BCUT2D eigenvalue weighted by atomic mass is 10.3. The van der Waals surface area contributed by atoms with Crippen molar-refractivity contribution in [3.05, 3.63) is 36.2 Å². The third kappa shape index (κ3) is 1.92. The Hall–Kier alpha value is -1.64. The zero-order chi connectivity index (χ0) is 8.81. The molecule has 0 aliphatic heterocycles. The van der Waals surface area contributed by atoms with Crippen LogP contribution in [0.4, 0.5) is 0 Å². The molecule has 0 aliphatic carbocycles. The van der Waals surface area contributed by atoms with Gasteiger partial charge in [-0.15, -0.1) is 0 Å². The Morgan fingerprint density at radius 2 is 2.58 bits per heavy atom. The molecule has 0 unspecified atom stereocenters. The zero-order valence-corrected chi connectivity index (χ0v) is 6.99. The van der Waals surface area contributed by atoms with E-state index in [0.717, 1.165) is 11.4 Å². The summed E-state index contributed by atoms with van der Waals surface area (Å²) < 4.78 is 0. The Bertz CT molecular complexity index is 294. The fraction of sp³-hybridized carbons (Fsp3) is 0.111. The Labute approximate surface area is 71.5 Å². The van der Waals surface area contributed by atoms with Crippen molar-refractivity contribution in [2.75, 3.05) is 0 Å². The Morgan fingerprint density at radius 1 is 1.75 bits per heavy atom. The van der Waals surface area contributed by atoms with Crippen LogP contribution in [0.25, 0.3) is 5.70 Å². The Balaban J connectivity index is 2.90. The second-order valence-corrected chi connectivity index (χ2v) is 2.21. The fourth-order valence-electron chi connectivity index (χ4n) is 0.814. The molecule has 0 fully saturated rings. The van der Waals surface area contributed by atoms with E-state index < -0.39 is 0 Å². The summed E-state index contributed by atoms with van der Waals surface area (Å²) in [6.07, 6.45) is 7.40. The topological polar surface area (TPSA) is 41.0 Å². The van der Waals surface area contributed by atoms with Gasteiger partial charge < -0.3 is 0 Å². The minimum Gasteiger partial charge on any atom is -0.276 e. The molecular weight excluding hydrogens is 150 g/mol. The van der Waals surface area contributed by atoms with Crippen LogP contribution in [0.15, 0.2) is 35.5 Å². The summed E-state index contributed by atoms with van der Waals surface area (Å²) in [6, 6.07) is 1.85. The molecule has 0 amide bonds. The lowest BCUT2D eigenvalue weighted by Crippen LogP contribution is -1.79. The predicted molar refractivity (Wildman–Crippen MR) is 50.9 cm³/mol. The standard InChI is InChI=1S/C9H11N3/c1-3-4-5-8(10-2)9-6-7-11-12-9/h3-7H,2H2,1H3,(H,11,12)/b4-3-,8-5-. The minimum atomic E-state index is 0.797. The van der Waals surface area contributed by atoms with Crippen LogP contribution < -0.4 is 0 Å². The molecule has 1 heterocycles. The molecule has 1 aromatic heterocycles. The monoisotopic (exact) mass is 161 g/mol. The quantitative estimate of drug-likeness (QED) is 0.534. The smallest absolute Gasteiger partial charge is 0.0872 e. The van der Waals surface area contributed by atoms with Crippen molar-refractivity contribution in [3.8, 4) is 0 Å². The summed E-state index contributed by atoms with van der Waals surface area (Å²) in [5, 5.41) is 6.63. The molecule has 3 nitrogen and oxygen atoms in total. The number of allylic oxidation sites excluding steroid dienone is 3. The summed E-state index contributed by atoms with van der Waals surface area (Å²) >= 11 is 0. The lowest BCUT2D eigenvalue weighted by Gasteiger charge is -1.92. The number of hydrogen-bond acceptors (Lipinski definition) is 2. The molecule has 0 atom stereocenters. The minimum absolute atomic E-state index is 0.797. The van der Waals surface area contributed by atoms with Crippen molar-refractivity contribution in [1.82, 2.24) is 10.2 Å². The van der Waals surface area contributed by atoms with Gasteiger partial charge in [0.15, 0.2) is 0 Å². The molecule has 3 heteroatoms. The highest BCUT2D eigenvalue weighted by Crippen LogP contribution is 2.10. The molecular formula is C9H11N3. The predicted octanol–water partition coefficient (Wildman–Crippen LogP) is 2.03. The van der Waals surface area contributed by atoms with Crippen molar-refractivity contribution >= 4 is 12.4 Å².